The van der Waals surface area contributed by atoms with E-state index in [0.717, 1.165) is 41.8 Å². The van der Waals surface area contributed by atoms with E-state index in [9.17, 15) is 0 Å². The minimum Gasteiger partial charge on any atom is -0.450 e. The summed E-state index contributed by atoms with van der Waals surface area (Å²) >= 11 is 6.12. The number of nitrogens with two attached hydrogens (primary N) is 1. The fourth-order valence-electron chi connectivity index (χ4n) is 3.94. The van der Waals surface area contributed by atoms with Crippen LogP contribution in [-0.4, -0.2) is 47.1 Å². The number of piperazine rings is 1. The van der Waals surface area contributed by atoms with Gasteiger partial charge < -0.3 is 15.1 Å². The number of halogens is 1. The molecule has 23 heavy (non-hydrogen) atoms. The number of nitrogens with zero attached hydrogens (tertiary/aromatic N) is 4. The second kappa shape index (κ2) is 4.49. The molecule has 2 N–H and O–H groups in total. The van der Waals surface area contributed by atoms with Crippen LogP contribution < -0.4 is 10.6 Å². The number of rotatable bonds is 1. The van der Waals surface area contributed by atoms with E-state index in [1.165, 1.54) is 0 Å². The van der Waals surface area contributed by atoms with Crippen molar-refractivity contribution >= 4 is 45.4 Å². The third kappa shape index (κ3) is 1.85. The maximum absolute atomic E-state index is 6.12. The second-order valence-corrected chi connectivity index (χ2v) is 6.90. The number of nitrogen functional groups attached to an aromatic ring is 1. The Bertz CT molecular complexity index is 937. The smallest absolute Gasteiger partial charge is 0.222 e. The van der Waals surface area contributed by atoms with Crippen molar-refractivity contribution in [3.8, 4) is 0 Å². The Morgan fingerprint density at radius 1 is 1.26 bits per heavy atom. The van der Waals surface area contributed by atoms with Crippen LogP contribution in [0.5, 0.6) is 0 Å². The molecular weight excluding hydrogens is 314 g/mol. The van der Waals surface area contributed by atoms with Gasteiger partial charge in [-0.3, -0.25) is 4.90 Å². The van der Waals surface area contributed by atoms with Gasteiger partial charge in [0.2, 0.25) is 5.95 Å². The number of aromatic nitrogens is 2. The second-order valence-electron chi connectivity index (χ2n) is 6.46. The summed E-state index contributed by atoms with van der Waals surface area (Å²) < 4.78 is 6.05. The van der Waals surface area contributed by atoms with Gasteiger partial charge in [-0.2, -0.15) is 4.98 Å². The lowest BCUT2D eigenvalue weighted by molar-refractivity contribution is 0.292. The highest BCUT2D eigenvalue weighted by molar-refractivity contribution is 6.31. The van der Waals surface area contributed by atoms with Gasteiger partial charge in [0.1, 0.15) is 11.1 Å². The van der Waals surface area contributed by atoms with E-state index >= 15 is 0 Å². The zero-order chi connectivity index (χ0) is 15.7. The Morgan fingerprint density at radius 2 is 2.13 bits per heavy atom. The Hall–Kier alpha value is -2.05. The lowest BCUT2D eigenvalue weighted by Gasteiger charge is -2.32. The van der Waals surface area contributed by atoms with Crippen molar-refractivity contribution in [3.63, 3.8) is 0 Å². The summed E-state index contributed by atoms with van der Waals surface area (Å²) in [7, 11) is 2.18. The van der Waals surface area contributed by atoms with Crippen LogP contribution in [0.15, 0.2) is 22.6 Å². The first kappa shape index (κ1) is 13.4. The molecule has 6 nitrogen and oxygen atoms in total. The van der Waals surface area contributed by atoms with E-state index in [1.807, 2.05) is 18.2 Å². The molecule has 5 rings (SSSR count). The van der Waals surface area contributed by atoms with Gasteiger partial charge in [0.25, 0.3) is 0 Å². The average Bonchev–Trinajstić information content (AvgIpc) is 3.18. The van der Waals surface area contributed by atoms with Gasteiger partial charge in [0.15, 0.2) is 11.4 Å². The number of furan rings is 1. The quantitative estimate of drug-likeness (QED) is 0.739. The van der Waals surface area contributed by atoms with Gasteiger partial charge in [0.05, 0.1) is 0 Å². The van der Waals surface area contributed by atoms with Crippen LogP contribution in [0.1, 0.15) is 6.42 Å². The Labute approximate surface area is 137 Å². The predicted molar refractivity (Wildman–Crippen MR) is 90.9 cm³/mol. The van der Waals surface area contributed by atoms with Gasteiger partial charge in [0, 0.05) is 35.6 Å². The van der Waals surface area contributed by atoms with Crippen LogP contribution >= 0.6 is 11.6 Å². The van der Waals surface area contributed by atoms with Crippen LogP contribution in [0.3, 0.4) is 0 Å². The lowest BCUT2D eigenvalue weighted by atomic mass is 10.2. The van der Waals surface area contributed by atoms with Gasteiger partial charge in [-0.25, -0.2) is 4.98 Å². The highest BCUT2D eigenvalue weighted by Gasteiger charge is 2.43. The first-order valence-corrected chi connectivity index (χ1v) is 8.10. The molecule has 0 aliphatic carbocycles. The van der Waals surface area contributed by atoms with Crippen LogP contribution in [0.25, 0.3) is 22.1 Å². The minimum absolute atomic E-state index is 0.270. The van der Waals surface area contributed by atoms with Crippen molar-refractivity contribution in [2.45, 2.75) is 18.5 Å². The minimum atomic E-state index is 0.270. The molecule has 0 saturated carbocycles. The fraction of sp³-hybridized carbons (Fsp3) is 0.375. The zero-order valence-corrected chi connectivity index (χ0v) is 13.4. The summed E-state index contributed by atoms with van der Waals surface area (Å²) in [6.45, 7) is 1.99. The van der Waals surface area contributed by atoms with Gasteiger partial charge in [-0.1, -0.05) is 11.6 Å². The molecule has 2 saturated heterocycles. The SMILES string of the molecule is CN1C[C@H]2C[C@H]1CN2c1nc(N)nc2c1oc1ccc(Cl)cc12. The largest absolute Gasteiger partial charge is 0.450 e. The summed E-state index contributed by atoms with van der Waals surface area (Å²) in [5.74, 6) is 1.08. The number of likely N-dealkylation sites (N-methyl/N-ethyl adjacent to an activating group) is 1. The molecule has 0 amide bonds. The van der Waals surface area contributed by atoms with Crippen molar-refractivity contribution in [1.82, 2.24) is 14.9 Å². The molecule has 118 valence electrons. The Balaban J connectivity index is 1.74. The van der Waals surface area contributed by atoms with Gasteiger partial charge >= 0.3 is 0 Å². The summed E-state index contributed by atoms with van der Waals surface area (Å²) in [6, 6.07) is 6.58. The Morgan fingerprint density at radius 3 is 2.87 bits per heavy atom. The van der Waals surface area contributed by atoms with E-state index in [-0.39, 0.29) is 5.95 Å². The zero-order valence-electron chi connectivity index (χ0n) is 12.7. The third-order valence-corrected chi connectivity index (χ3v) is 5.30. The summed E-state index contributed by atoms with van der Waals surface area (Å²) in [5.41, 5.74) is 8.17. The molecule has 2 atom stereocenters. The fourth-order valence-corrected chi connectivity index (χ4v) is 4.11. The number of anilines is 2. The third-order valence-electron chi connectivity index (χ3n) is 5.06. The number of hydrogen-bond acceptors (Lipinski definition) is 6. The van der Waals surface area contributed by atoms with Crippen molar-refractivity contribution in [2.24, 2.45) is 0 Å². The highest BCUT2D eigenvalue weighted by atomic mass is 35.5. The average molecular weight is 330 g/mol. The molecule has 0 radical (unpaired) electrons. The first-order valence-electron chi connectivity index (χ1n) is 7.72. The van der Waals surface area contributed by atoms with E-state index < -0.39 is 0 Å². The predicted octanol–water partition coefficient (Wildman–Crippen LogP) is 2.50. The maximum atomic E-state index is 6.12. The number of benzene rings is 1. The molecule has 2 bridgehead atoms. The lowest BCUT2D eigenvalue weighted by Crippen LogP contribution is -2.45. The standard InChI is InChI=1S/C16H16ClN5O/c1-21-6-10-5-9(21)7-22(10)15-14-13(19-16(18)20-15)11-4-8(17)2-3-12(11)23-14/h2-4,9-10H,5-7H2,1H3,(H2,18,19,20)/t9-,10+/m0/s1. The van der Waals surface area contributed by atoms with Crippen LogP contribution in [0, 0.1) is 0 Å². The molecular formula is C16H16ClN5O. The molecule has 0 spiro atoms. The van der Waals surface area contributed by atoms with E-state index in [1.54, 1.807) is 0 Å². The van der Waals surface area contributed by atoms with Crippen LogP contribution in [0.4, 0.5) is 11.8 Å². The summed E-state index contributed by atoms with van der Waals surface area (Å²) in [5, 5.41) is 1.53. The molecule has 4 heterocycles. The maximum Gasteiger partial charge on any atom is 0.222 e. The molecule has 0 unspecified atom stereocenters. The highest BCUT2D eigenvalue weighted by Crippen LogP contribution is 2.39. The molecule has 2 fully saturated rings. The normalized spacial score (nSPS) is 24.3. The number of likely N-dealkylation sites (tertiary alicyclic amines) is 1. The van der Waals surface area contributed by atoms with Crippen LogP contribution in [0.2, 0.25) is 5.02 Å². The Kier molecular flexibility index (Phi) is 2.61. The van der Waals surface area contributed by atoms with Crippen LogP contribution in [-0.2, 0) is 0 Å². The monoisotopic (exact) mass is 329 g/mol. The molecule has 1 aromatic carbocycles. The number of hydrogen-bond donors (Lipinski definition) is 1. The van der Waals surface area contributed by atoms with Crippen molar-refractivity contribution in [1.29, 1.82) is 0 Å². The molecule has 2 aromatic heterocycles. The van der Waals surface area contributed by atoms with E-state index in [2.05, 4.69) is 26.8 Å². The molecule has 3 aromatic rings. The van der Waals surface area contributed by atoms with Crippen molar-refractivity contribution in [2.75, 3.05) is 30.8 Å². The van der Waals surface area contributed by atoms with E-state index in [4.69, 9.17) is 21.8 Å². The van der Waals surface area contributed by atoms with Crippen molar-refractivity contribution < 1.29 is 4.42 Å². The number of fused-ring (bicyclic) bond motifs is 5. The molecule has 2 aliphatic heterocycles. The summed E-state index contributed by atoms with van der Waals surface area (Å²) in [6.07, 6.45) is 1.16. The topological polar surface area (TPSA) is 71.4 Å². The molecule has 2 aliphatic rings. The first-order chi connectivity index (χ1) is 11.1. The van der Waals surface area contributed by atoms with E-state index in [0.29, 0.717) is 22.7 Å². The summed E-state index contributed by atoms with van der Waals surface area (Å²) in [4.78, 5) is 13.6. The van der Waals surface area contributed by atoms with Gasteiger partial charge in [-0.05, 0) is 31.7 Å². The van der Waals surface area contributed by atoms with Gasteiger partial charge in [-0.15, -0.1) is 0 Å². The van der Waals surface area contributed by atoms with Crippen molar-refractivity contribution in [3.05, 3.63) is 23.2 Å². The molecule has 7 heteroatoms.